The van der Waals surface area contributed by atoms with Gasteiger partial charge in [-0.15, -0.1) is 0 Å². The largest absolute Gasteiger partial charge is 0.394 e. The van der Waals surface area contributed by atoms with Gasteiger partial charge in [-0.2, -0.15) is 0 Å². The van der Waals surface area contributed by atoms with Crippen molar-refractivity contribution in [3.8, 4) is 0 Å². The van der Waals surface area contributed by atoms with Gasteiger partial charge < -0.3 is 30.3 Å². The molecular weight excluding hydrogens is 525 g/mol. The summed E-state index contributed by atoms with van der Waals surface area (Å²) in [6, 6.07) is 3.39. The van der Waals surface area contributed by atoms with Crippen LogP contribution in [0.5, 0.6) is 0 Å². The highest BCUT2D eigenvalue weighted by Gasteiger charge is 2.54. The van der Waals surface area contributed by atoms with Gasteiger partial charge in [-0.05, 0) is 87.5 Å². The molecule has 1 aromatic rings. The lowest BCUT2D eigenvalue weighted by atomic mass is 10.0. The molecule has 5 aliphatic rings. The molecule has 5 fully saturated rings. The van der Waals surface area contributed by atoms with E-state index < -0.39 is 0 Å². The Bertz CT molecular complexity index is 1280. The molecule has 2 heterocycles. The molecule has 0 bridgehead atoms. The zero-order chi connectivity index (χ0) is 28.9. The summed E-state index contributed by atoms with van der Waals surface area (Å²) in [6.07, 6.45) is 5.24. The standard InChI is InChI=1S/C31H42FN5O4/c1-19-20(2)26(4-3-24(19)32)36-11-12-37(31(18-36)7-8-31)27(39)17-34-25-16-21-15-23(21)28(25)29(33)30(40)35-9-5-22(6-10-35)41-14-13-38/h3-4,21-23,38H,5-18,33H2,1-2H3/t21-,23?/m1/s1. The molecule has 222 valence electrons. The summed E-state index contributed by atoms with van der Waals surface area (Å²) in [4.78, 5) is 37.7. The molecule has 0 radical (unpaired) electrons. The van der Waals surface area contributed by atoms with Crippen LogP contribution >= 0.6 is 0 Å². The number of aliphatic hydroxyl groups excluding tert-OH is 1. The monoisotopic (exact) mass is 567 g/mol. The maximum atomic E-state index is 14.0. The van der Waals surface area contributed by atoms with Crippen molar-refractivity contribution < 1.29 is 23.8 Å². The van der Waals surface area contributed by atoms with Crippen LogP contribution in [0.4, 0.5) is 10.1 Å². The van der Waals surface area contributed by atoms with E-state index in [0.29, 0.717) is 44.3 Å². The normalized spacial score (nSPS) is 27.4. The van der Waals surface area contributed by atoms with Gasteiger partial charge in [0, 0.05) is 49.7 Å². The molecule has 10 heteroatoms. The van der Waals surface area contributed by atoms with Crippen molar-refractivity contribution >= 4 is 23.2 Å². The molecule has 1 unspecified atom stereocenters. The van der Waals surface area contributed by atoms with Gasteiger partial charge in [0.1, 0.15) is 18.1 Å². The molecule has 2 atom stereocenters. The van der Waals surface area contributed by atoms with Crippen molar-refractivity contribution in [2.45, 2.75) is 64.0 Å². The van der Waals surface area contributed by atoms with E-state index in [4.69, 9.17) is 20.6 Å². The van der Waals surface area contributed by atoms with Crippen molar-refractivity contribution in [2.24, 2.45) is 22.6 Å². The number of aliphatic imine (C=N–C) groups is 1. The first kappa shape index (κ1) is 28.2. The van der Waals surface area contributed by atoms with E-state index in [2.05, 4.69) is 4.90 Å². The summed E-state index contributed by atoms with van der Waals surface area (Å²) in [5.41, 5.74) is 11.0. The maximum absolute atomic E-state index is 14.0. The van der Waals surface area contributed by atoms with Gasteiger partial charge in [0.15, 0.2) is 0 Å². The summed E-state index contributed by atoms with van der Waals surface area (Å²) in [5, 5.41) is 8.98. The third-order valence-corrected chi connectivity index (χ3v) is 9.97. The molecule has 3 aliphatic carbocycles. The Morgan fingerprint density at radius 3 is 2.61 bits per heavy atom. The lowest BCUT2D eigenvalue weighted by molar-refractivity contribution is -0.133. The van der Waals surface area contributed by atoms with Gasteiger partial charge in [0.05, 0.1) is 24.9 Å². The van der Waals surface area contributed by atoms with Gasteiger partial charge in [-0.1, -0.05) is 0 Å². The van der Waals surface area contributed by atoms with E-state index in [1.807, 2.05) is 24.8 Å². The Kier molecular flexibility index (Phi) is 7.57. The number of fused-ring (bicyclic) bond motifs is 1. The minimum Gasteiger partial charge on any atom is -0.394 e. The van der Waals surface area contributed by atoms with Crippen molar-refractivity contribution in [3.05, 3.63) is 40.3 Å². The van der Waals surface area contributed by atoms with Gasteiger partial charge in [0.25, 0.3) is 5.91 Å². The number of benzene rings is 1. The number of piperidine rings is 1. The number of nitrogens with zero attached hydrogens (tertiary/aromatic N) is 4. The average Bonchev–Trinajstić information content (AvgIpc) is 3.90. The molecule has 0 aromatic heterocycles. The van der Waals surface area contributed by atoms with Crippen LogP contribution in [-0.4, -0.2) is 96.6 Å². The number of hydrogen-bond donors (Lipinski definition) is 2. The first-order valence-electron chi connectivity index (χ1n) is 15.1. The Morgan fingerprint density at radius 1 is 1.15 bits per heavy atom. The number of piperazine rings is 1. The predicted molar refractivity (Wildman–Crippen MR) is 154 cm³/mol. The maximum Gasteiger partial charge on any atom is 0.270 e. The van der Waals surface area contributed by atoms with E-state index in [1.165, 1.54) is 6.07 Å². The molecule has 3 saturated carbocycles. The number of allylic oxidation sites excluding steroid dienone is 1. The van der Waals surface area contributed by atoms with Gasteiger partial charge in [-0.3, -0.25) is 14.6 Å². The second-order valence-corrected chi connectivity index (χ2v) is 12.5. The van der Waals surface area contributed by atoms with Crippen molar-refractivity contribution in [3.63, 3.8) is 0 Å². The Balaban J connectivity index is 1.10. The number of hydrogen-bond acceptors (Lipinski definition) is 7. The topological polar surface area (TPSA) is 112 Å². The number of anilines is 1. The minimum atomic E-state index is -0.186. The van der Waals surface area contributed by atoms with Gasteiger partial charge in [-0.25, -0.2) is 4.39 Å². The van der Waals surface area contributed by atoms with Crippen LogP contribution in [0.2, 0.25) is 0 Å². The zero-order valence-corrected chi connectivity index (χ0v) is 24.2. The number of carbonyl (C=O) groups excluding carboxylic acids is 2. The Labute approximate surface area is 241 Å². The van der Waals surface area contributed by atoms with Crippen LogP contribution in [0.15, 0.2) is 28.4 Å². The molecule has 2 amide bonds. The third kappa shape index (κ3) is 5.36. The second-order valence-electron chi connectivity index (χ2n) is 12.5. The summed E-state index contributed by atoms with van der Waals surface area (Å²) < 4.78 is 19.7. The fourth-order valence-corrected chi connectivity index (χ4v) is 7.14. The van der Waals surface area contributed by atoms with Crippen molar-refractivity contribution in [1.82, 2.24) is 9.80 Å². The van der Waals surface area contributed by atoms with Crippen LogP contribution in [0.25, 0.3) is 0 Å². The lowest BCUT2D eigenvalue weighted by Crippen LogP contribution is -2.57. The number of aliphatic hydroxyl groups is 1. The average molecular weight is 568 g/mol. The molecule has 41 heavy (non-hydrogen) atoms. The number of likely N-dealkylation sites (tertiary alicyclic amines) is 1. The third-order valence-electron chi connectivity index (χ3n) is 9.97. The quantitative estimate of drug-likeness (QED) is 0.490. The number of halogens is 1. The van der Waals surface area contributed by atoms with Gasteiger partial charge >= 0.3 is 0 Å². The highest BCUT2D eigenvalue weighted by atomic mass is 19.1. The first-order chi connectivity index (χ1) is 19.7. The zero-order valence-electron chi connectivity index (χ0n) is 24.2. The van der Waals surface area contributed by atoms with Crippen LogP contribution in [0, 0.1) is 31.5 Å². The summed E-state index contributed by atoms with van der Waals surface area (Å²) in [5.74, 6) is 0.444. The van der Waals surface area contributed by atoms with Crippen molar-refractivity contribution in [1.29, 1.82) is 0 Å². The van der Waals surface area contributed by atoms with Crippen LogP contribution in [0.3, 0.4) is 0 Å². The van der Waals surface area contributed by atoms with E-state index >= 15 is 0 Å². The highest BCUT2D eigenvalue weighted by molar-refractivity contribution is 6.11. The SMILES string of the molecule is Cc1c(F)ccc(N2CCN(C(=O)CN=C3C[C@H]4CC4C3=C(N)C(=O)N3CCC(OCCO)CC3)C3(CC3)C2)c1C. The summed E-state index contributed by atoms with van der Waals surface area (Å²) in [6.45, 7) is 7.39. The Hall–Kier alpha value is -2.98. The number of rotatable bonds is 7. The fourth-order valence-electron chi connectivity index (χ4n) is 7.14. The lowest BCUT2D eigenvalue weighted by Gasteiger charge is -2.43. The van der Waals surface area contributed by atoms with Gasteiger partial charge in [0.2, 0.25) is 5.91 Å². The first-order valence-corrected chi connectivity index (χ1v) is 15.1. The molecule has 2 aliphatic heterocycles. The smallest absolute Gasteiger partial charge is 0.270 e. The number of carbonyl (C=O) groups is 2. The molecule has 1 spiro atoms. The highest BCUT2D eigenvalue weighted by Crippen LogP contribution is 2.54. The Morgan fingerprint density at radius 2 is 1.90 bits per heavy atom. The predicted octanol–water partition coefficient (Wildman–Crippen LogP) is 2.32. The molecule has 2 saturated heterocycles. The molecule has 3 N–H and O–H groups in total. The number of nitrogens with two attached hydrogens (primary N) is 1. The van der Waals surface area contributed by atoms with E-state index in [9.17, 15) is 14.0 Å². The fraction of sp³-hybridized carbons (Fsp3) is 0.645. The van der Waals surface area contributed by atoms with Crippen LogP contribution in [-0.2, 0) is 14.3 Å². The number of ether oxygens (including phenoxy) is 1. The van der Waals surface area contributed by atoms with Crippen LogP contribution < -0.4 is 10.6 Å². The molecular formula is C31H42FN5O4. The van der Waals surface area contributed by atoms with E-state index in [1.54, 1.807) is 4.90 Å². The second kappa shape index (κ2) is 11.0. The van der Waals surface area contributed by atoms with Crippen LogP contribution in [0.1, 0.15) is 49.7 Å². The summed E-state index contributed by atoms with van der Waals surface area (Å²) in [7, 11) is 0. The van der Waals surface area contributed by atoms with Crippen molar-refractivity contribution in [2.75, 3.05) is 57.4 Å². The van der Waals surface area contributed by atoms with E-state index in [0.717, 1.165) is 67.6 Å². The molecule has 9 nitrogen and oxygen atoms in total. The minimum absolute atomic E-state index is 0.00202. The number of amides is 2. The molecule has 1 aromatic carbocycles. The molecule has 6 rings (SSSR count). The van der Waals surface area contributed by atoms with E-state index in [-0.39, 0.29) is 54.0 Å². The summed E-state index contributed by atoms with van der Waals surface area (Å²) >= 11 is 0.